The highest BCUT2D eigenvalue weighted by molar-refractivity contribution is 7.16. The summed E-state index contributed by atoms with van der Waals surface area (Å²) >= 11 is 1.26. The first-order chi connectivity index (χ1) is 15.1. The zero-order valence-electron chi connectivity index (χ0n) is 16.9. The van der Waals surface area contributed by atoms with E-state index in [9.17, 15) is 4.79 Å². The van der Waals surface area contributed by atoms with Crippen molar-refractivity contribution >= 4 is 33.9 Å². The lowest BCUT2D eigenvalue weighted by Gasteiger charge is -2.32. The van der Waals surface area contributed by atoms with Crippen molar-refractivity contribution in [2.45, 2.75) is 18.9 Å². The van der Waals surface area contributed by atoms with Crippen LogP contribution in [0.1, 0.15) is 17.7 Å². The van der Waals surface area contributed by atoms with Crippen molar-refractivity contribution in [3.05, 3.63) is 23.2 Å². The predicted molar refractivity (Wildman–Crippen MR) is 116 cm³/mol. The maximum absolute atomic E-state index is 11.7. The number of nitriles is 1. The molecule has 31 heavy (non-hydrogen) atoms. The number of rotatable bonds is 5. The van der Waals surface area contributed by atoms with Crippen LogP contribution in [0.25, 0.3) is 0 Å². The number of aromatic nitrogens is 2. The average molecular weight is 439 g/mol. The van der Waals surface area contributed by atoms with Gasteiger partial charge in [-0.15, -0.1) is 6.42 Å². The first-order valence-electron chi connectivity index (χ1n) is 10.0. The number of nitrogens with zero attached hydrogens (tertiary/aromatic N) is 5. The molecule has 0 aromatic carbocycles. The number of hydrogen-bond donors (Lipinski definition) is 1. The van der Waals surface area contributed by atoms with Gasteiger partial charge in [0.2, 0.25) is 5.88 Å². The monoisotopic (exact) mass is 438 g/mol. The van der Waals surface area contributed by atoms with Gasteiger partial charge in [-0.3, -0.25) is 4.79 Å². The van der Waals surface area contributed by atoms with Crippen molar-refractivity contribution in [3.8, 4) is 24.3 Å². The van der Waals surface area contributed by atoms with Crippen LogP contribution in [0.5, 0.6) is 5.88 Å². The first-order valence-corrected chi connectivity index (χ1v) is 10.9. The van der Waals surface area contributed by atoms with Crippen LogP contribution >= 0.6 is 11.3 Å². The lowest BCUT2D eigenvalue weighted by atomic mass is 10.1. The minimum atomic E-state index is -0.280. The Morgan fingerprint density at radius 2 is 2.06 bits per heavy atom. The Morgan fingerprint density at radius 3 is 2.74 bits per heavy atom. The molecule has 0 bridgehead atoms. The number of thiazole rings is 1. The van der Waals surface area contributed by atoms with Gasteiger partial charge in [0.25, 0.3) is 5.91 Å². The summed E-state index contributed by atoms with van der Waals surface area (Å²) in [6, 6.07) is 5.96. The number of terminal acetylenes is 1. The van der Waals surface area contributed by atoms with E-state index in [1.54, 1.807) is 4.90 Å². The summed E-state index contributed by atoms with van der Waals surface area (Å²) in [6.07, 6.45) is 8.08. The largest absolute Gasteiger partial charge is 0.474 e. The molecular weight excluding hydrogens is 416 g/mol. The number of nitrogens with one attached hydrogen (secondary N) is 1. The van der Waals surface area contributed by atoms with Crippen LogP contribution < -0.4 is 15.0 Å². The van der Waals surface area contributed by atoms with Gasteiger partial charge >= 0.3 is 0 Å². The summed E-state index contributed by atoms with van der Waals surface area (Å²) in [6.45, 7) is 4.04. The first kappa shape index (κ1) is 20.9. The third-order valence-electron chi connectivity index (χ3n) is 5.15. The summed E-state index contributed by atoms with van der Waals surface area (Å²) in [4.78, 5) is 24.9. The molecule has 9 nitrogen and oxygen atoms in total. The minimum absolute atomic E-state index is 0.0489. The fourth-order valence-electron chi connectivity index (χ4n) is 3.55. The molecule has 2 aliphatic heterocycles. The maximum atomic E-state index is 11.7. The van der Waals surface area contributed by atoms with Crippen LogP contribution in [0.3, 0.4) is 0 Å². The summed E-state index contributed by atoms with van der Waals surface area (Å²) in [5.74, 6) is 2.98. The summed E-state index contributed by atoms with van der Waals surface area (Å²) in [5, 5.41) is 12.8. The van der Waals surface area contributed by atoms with Gasteiger partial charge in [-0.1, -0.05) is 11.3 Å². The van der Waals surface area contributed by atoms with Gasteiger partial charge < -0.3 is 24.6 Å². The Hall–Kier alpha value is -3.34. The second kappa shape index (κ2) is 9.65. The third-order valence-corrected chi connectivity index (χ3v) is 5.97. The summed E-state index contributed by atoms with van der Waals surface area (Å²) in [7, 11) is 0. The number of morpholine rings is 1. The zero-order chi connectivity index (χ0) is 21.6. The van der Waals surface area contributed by atoms with Crippen molar-refractivity contribution in [2.24, 2.45) is 0 Å². The molecular formula is C21H22N6O3S. The van der Waals surface area contributed by atoms with Crippen LogP contribution in [0, 0.1) is 23.7 Å². The van der Waals surface area contributed by atoms with E-state index >= 15 is 0 Å². The quantitative estimate of drug-likeness (QED) is 0.707. The molecule has 2 aromatic rings. The lowest BCUT2D eigenvalue weighted by Crippen LogP contribution is -2.41. The van der Waals surface area contributed by atoms with Crippen LogP contribution in [0.15, 0.2) is 18.3 Å². The Kier molecular flexibility index (Phi) is 6.51. The van der Waals surface area contributed by atoms with E-state index in [4.69, 9.17) is 21.2 Å². The number of pyridine rings is 1. The molecule has 2 aromatic heterocycles. The molecule has 0 atom stereocenters. The van der Waals surface area contributed by atoms with E-state index in [1.807, 2.05) is 12.1 Å². The Labute approximate surface area is 184 Å². The number of anilines is 3. The normalized spacial score (nSPS) is 17.0. The predicted octanol–water partition coefficient (Wildman–Crippen LogP) is 1.99. The van der Waals surface area contributed by atoms with Crippen LogP contribution in [-0.4, -0.2) is 66.3 Å². The number of amides is 1. The molecule has 0 aliphatic carbocycles. The third kappa shape index (κ3) is 5.23. The van der Waals surface area contributed by atoms with Gasteiger partial charge in [-0.2, -0.15) is 10.2 Å². The topological polar surface area (TPSA) is 104 Å². The number of likely N-dealkylation sites (tertiary alicyclic amines) is 1. The molecule has 160 valence electrons. The van der Waals surface area contributed by atoms with Crippen molar-refractivity contribution < 1.29 is 14.3 Å². The maximum Gasteiger partial charge on any atom is 0.298 e. The molecule has 0 spiro atoms. The Bertz CT molecular complexity index is 1010. The fourth-order valence-corrected chi connectivity index (χ4v) is 4.17. The molecule has 1 amide bonds. The van der Waals surface area contributed by atoms with Crippen LogP contribution in [-0.2, 0) is 9.53 Å². The van der Waals surface area contributed by atoms with Crippen molar-refractivity contribution in [3.63, 3.8) is 0 Å². The van der Waals surface area contributed by atoms with Gasteiger partial charge in [-0.25, -0.2) is 4.98 Å². The van der Waals surface area contributed by atoms with Gasteiger partial charge in [-0.05, 0) is 5.92 Å². The molecule has 4 rings (SSSR count). The highest BCUT2D eigenvalue weighted by atomic mass is 32.1. The smallest absolute Gasteiger partial charge is 0.298 e. The van der Waals surface area contributed by atoms with Gasteiger partial charge in [0, 0.05) is 56.8 Å². The van der Waals surface area contributed by atoms with Gasteiger partial charge in [0.15, 0.2) is 5.13 Å². The lowest BCUT2D eigenvalue weighted by molar-refractivity contribution is -0.126. The van der Waals surface area contributed by atoms with Crippen molar-refractivity contribution in [1.82, 2.24) is 14.9 Å². The standard InChI is InChI=1S/C21H22N6O3S/c1-2-20(28)27-5-3-16(4-6-27)30-19-12-15(26-7-9-29-10-8-26)11-18(24-19)25-21-23-14-17(13-22)31-21/h1,11-12,14,16H,3-10H2,(H,23,24,25). The molecule has 4 heterocycles. The van der Waals surface area contributed by atoms with Gasteiger partial charge in [0.1, 0.15) is 22.9 Å². The second-order valence-corrected chi connectivity index (χ2v) is 8.20. The molecule has 2 saturated heterocycles. The Balaban J connectivity index is 1.51. The molecule has 0 radical (unpaired) electrons. The zero-order valence-corrected chi connectivity index (χ0v) is 17.7. The van der Waals surface area contributed by atoms with E-state index in [2.05, 4.69) is 32.2 Å². The summed E-state index contributed by atoms with van der Waals surface area (Å²) in [5.41, 5.74) is 0.979. The summed E-state index contributed by atoms with van der Waals surface area (Å²) < 4.78 is 11.6. The second-order valence-electron chi connectivity index (χ2n) is 7.17. The molecule has 10 heteroatoms. The highest BCUT2D eigenvalue weighted by Crippen LogP contribution is 2.29. The molecule has 0 unspecified atom stereocenters. The average Bonchev–Trinajstić information content (AvgIpc) is 3.27. The van der Waals surface area contributed by atoms with E-state index in [0.29, 0.717) is 60.9 Å². The molecule has 2 fully saturated rings. The number of carbonyl (C=O) groups excluding carboxylic acids is 1. The van der Waals surface area contributed by atoms with Crippen molar-refractivity contribution in [1.29, 1.82) is 5.26 Å². The van der Waals surface area contributed by atoms with E-state index in [1.165, 1.54) is 17.5 Å². The van der Waals surface area contributed by atoms with E-state index in [0.717, 1.165) is 18.8 Å². The number of piperidine rings is 1. The Morgan fingerprint density at radius 1 is 1.29 bits per heavy atom. The molecule has 2 aliphatic rings. The van der Waals surface area contributed by atoms with Crippen LogP contribution in [0.4, 0.5) is 16.6 Å². The number of carbonyl (C=O) groups is 1. The SMILES string of the molecule is C#CC(=O)N1CCC(Oc2cc(N3CCOCC3)cc(Nc3ncc(C#N)s3)n2)CC1. The van der Waals surface area contributed by atoms with E-state index in [-0.39, 0.29) is 12.0 Å². The number of hydrogen-bond acceptors (Lipinski definition) is 9. The van der Waals surface area contributed by atoms with Crippen molar-refractivity contribution in [2.75, 3.05) is 49.6 Å². The number of ether oxygens (including phenoxy) is 2. The van der Waals surface area contributed by atoms with Gasteiger partial charge in [0.05, 0.1) is 19.4 Å². The van der Waals surface area contributed by atoms with Crippen LogP contribution in [0.2, 0.25) is 0 Å². The fraction of sp³-hybridized carbons (Fsp3) is 0.429. The molecule has 1 N–H and O–H groups in total. The van der Waals surface area contributed by atoms with E-state index < -0.39 is 0 Å². The minimum Gasteiger partial charge on any atom is -0.474 e. The highest BCUT2D eigenvalue weighted by Gasteiger charge is 2.24. The molecule has 0 saturated carbocycles.